The Kier molecular flexibility index (Phi) is 5.85. The van der Waals surface area contributed by atoms with Gasteiger partial charge in [0.1, 0.15) is 12.1 Å². The van der Waals surface area contributed by atoms with Gasteiger partial charge in [0.05, 0.1) is 0 Å². The van der Waals surface area contributed by atoms with Gasteiger partial charge in [-0.15, -0.1) is 0 Å². The summed E-state index contributed by atoms with van der Waals surface area (Å²) >= 11 is 5.69. The molecule has 108 valence electrons. The third kappa shape index (κ3) is 3.50. The topological polar surface area (TPSA) is 49.4 Å². The van der Waals surface area contributed by atoms with E-state index in [1.54, 1.807) is 4.90 Å². The molecule has 0 saturated carbocycles. The van der Waals surface area contributed by atoms with E-state index in [9.17, 15) is 9.59 Å². The number of nitrogens with one attached hydrogen (secondary N) is 1. The van der Waals surface area contributed by atoms with Crippen molar-refractivity contribution in [1.29, 1.82) is 0 Å². The molecular formula is C14H23ClN2O2. The largest absolute Gasteiger partial charge is 0.343 e. The van der Waals surface area contributed by atoms with Crippen LogP contribution in [0.25, 0.3) is 0 Å². The molecule has 1 aliphatic rings. The third-order valence-electron chi connectivity index (χ3n) is 3.70. The van der Waals surface area contributed by atoms with Gasteiger partial charge in [-0.05, 0) is 24.8 Å². The van der Waals surface area contributed by atoms with Crippen molar-refractivity contribution in [2.24, 2.45) is 5.92 Å². The molecule has 4 nitrogen and oxygen atoms in total. The highest BCUT2D eigenvalue weighted by Crippen LogP contribution is 2.22. The highest BCUT2D eigenvalue weighted by molar-refractivity contribution is 6.25. The first-order valence-corrected chi connectivity index (χ1v) is 7.26. The van der Waals surface area contributed by atoms with Crippen molar-refractivity contribution in [2.45, 2.75) is 52.6 Å². The molecule has 1 N–H and O–H groups in total. The van der Waals surface area contributed by atoms with Crippen molar-refractivity contribution in [3.63, 3.8) is 0 Å². The number of hydrogen-bond donors (Lipinski definition) is 1. The minimum absolute atomic E-state index is 0.00901. The van der Waals surface area contributed by atoms with E-state index >= 15 is 0 Å². The van der Waals surface area contributed by atoms with E-state index < -0.39 is 12.1 Å². The van der Waals surface area contributed by atoms with E-state index in [4.69, 9.17) is 11.6 Å². The lowest BCUT2D eigenvalue weighted by molar-refractivity contribution is -0.151. The number of carbonyl (C=O) groups is 2. The maximum Gasteiger partial charge on any atom is 0.246 e. The van der Waals surface area contributed by atoms with E-state index in [1.807, 2.05) is 27.7 Å². The Bertz CT molecular complexity index is 382. The summed E-state index contributed by atoms with van der Waals surface area (Å²) in [5, 5.41) is 2.82. The first-order chi connectivity index (χ1) is 8.96. The molecule has 0 aromatic carbocycles. The fourth-order valence-electron chi connectivity index (χ4n) is 2.34. The van der Waals surface area contributed by atoms with Gasteiger partial charge in [-0.3, -0.25) is 9.59 Å². The van der Waals surface area contributed by atoms with Crippen molar-refractivity contribution in [3.05, 3.63) is 11.1 Å². The minimum atomic E-state index is -0.407. The van der Waals surface area contributed by atoms with Crippen molar-refractivity contribution >= 4 is 23.4 Å². The van der Waals surface area contributed by atoms with Crippen LogP contribution in [0, 0.1) is 5.92 Å². The number of halogens is 1. The monoisotopic (exact) mass is 286 g/mol. The summed E-state index contributed by atoms with van der Waals surface area (Å²) in [6.07, 6.45) is 1.46. The zero-order valence-corrected chi connectivity index (χ0v) is 12.8. The number of hydrogen-bond acceptors (Lipinski definition) is 2. The van der Waals surface area contributed by atoms with E-state index in [2.05, 4.69) is 5.32 Å². The van der Waals surface area contributed by atoms with Gasteiger partial charge in [-0.2, -0.15) is 0 Å². The number of rotatable bonds is 5. The summed E-state index contributed by atoms with van der Waals surface area (Å²) in [6.45, 7) is 8.20. The van der Waals surface area contributed by atoms with Crippen LogP contribution in [0.4, 0.5) is 0 Å². The molecule has 0 bridgehead atoms. The Balaban J connectivity index is 3.04. The van der Waals surface area contributed by atoms with Crippen molar-refractivity contribution < 1.29 is 9.59 Å². The van der Waals surface area contributed by atoms with Gasteiger partial charge in [-0.1, -0.05) is 38.8 Å². The zero-order valence-electron chi connectivity index (χ0n) is 12.1. The maximum absolute atomic E-state index is 12.4. The van der Waals surface area contributed by atoms with E-state index in [0.29, 0.717) is 13.0 Å². The Morgan fingerprint density at radius 2 is 2.11 bits per heavy atom. The number of carbonyl (C=O) groups excluding carboxylic acids is 2. The minimum Gasteiger partial charge on any atom is -0.343 e. The lowest BCUT2D eigenvalue weighted by Gasteiger charge is -2.41. The molecule has 19 heavy (non-hydrogen) atoms. The van der Waals surface area contributed by atoms with Gasteiger partial charge >= 0.3 is 0 Å². The molecule has 5 heteroatoms. The fourth-order valence-corrected chi connectivity index (χ4v) is 2.41. The average molecular weight is 287 g/mol. The molecule has 0 aromatic rings. The predicted octanol–water partition coefficient (Wildman–Crippen LogP) is 2.28. The van der Waals surface area contributed by atoms with Crippen LogP contribution >= 0.6 is 11.6 Å². The smallest absolute Gasteiger partial charge is 0.246 e. The molecule has 1 rings (SSSR count). The Morgan fingerprint density at radius 3 is 2.58 bits per heavy atom. The average Bonchev–Trinajstić information content (AvgIpc) is 2.41. The van der Waals surface area contributed by atoms with Gasteiger partial charge in [-0.25, -0.2) is 0 Å². The Labute approximate surface area is 120 Å². The summed E-state index contributed by atoms with van der Waals surface area (Å²) in [5.74, 6) is 0.0679. The molecule has 0 radical (unpaired) electrons. The second kappa shape index (κ2) is 6.94. The van der Waals surface area contributed by atoms with E-state index in [1.165, 1.54) is 5.54 Å². The van der Waals surface area contributed by atoms with Crippen LogP contribution in [0.2, 0.25) is 0 Å². The Morgan fingerprint density at radius 1 is 1.47 bits per heavy atom. The summed E-state index contributed by atoms with van der Waals surface area (Å²) in [5.41, 5.74) is 2.35. The molecule has 0 aliphatic carbocycles. The fraction of sp³-hybridized carbons (Fsp3) is 0.714. The standard InChI is InChI=1S/C14H23ClN2O2/c1-5-10(4)12-13(18)16-11(6-2)14(19)17(12)8-9(3)7-15/h7,10-12H,5-6,8H2,1-4H3,(H,16,18). The predicted molar refractivity (Wildman–Crippen MR) is 76.8 cm³/mol. The van der Waals surface area contributed by atoms with Crippen LogP contribution in [0.5, 0.6) is 0 Å². The first kappa shape index (κ1) is 16.0. The van der Waals surface area contributed by atoms with Crippen molar-refractivity contribution in [2.75, 3.05) is 6.54 Å². The lowest BCUT2D eigenvalue weighted by atomic mass is 9.92. The normalized spacial score (nSPS) is 26.4. The van der Waals surface area contributed by atoms with Gasteiger partial charge in [0.25, 0.3) is 0 Å². The van der Waals surface area contributed by atoms with Gasteiger partial charge in [0.15, 0.2) is 0 Å². The van der Waals surface area contributed by atoms with Crippen molar-refractivity contribution in [3.8, 4) is 0 Å². The SMILES string of the molecule is CCC1NC(=O)C(C(C)CC)N(CC(C)=CCl)C1=O. The summed E-state index contributed by atoms with van der Waals surface area (Å²) in [7, 11) is 0. The van der Waals surface area contributed by atoms with Crippen LogP contribution in [-0.4, -0.2) is 35.3 Å². The second-order valence-corrected chi connectivity index (χ2v) is 5.44. The second-order valence-electron chi connectivity index (χ2n) is 5.22. The first-order valence-electron chi connectivity index (χ1n) is 6.82. The molecule has 0 aromatic heterocycles. The Hall–Kier alpha value is -1.03. The summed E-state index contributed by atoms with van der Waals surface area (Å²) in [6, 6.07) is -0.803. The lowest BCUT2D eigenvalue weighted by Crippen LogP contribution is -2.65. The highest BCUT2D eigenvalue weighted by Gasteiger charge is 2.41. The van der Waals surface area contributed by atoms with Crippen LogP contribution in [-0.2, 0) is 9.59 Å². The summed E-state index contributed by atoms with van der Waals surface area (Å²) < 4.78 is 0. The van der Waals surface area contributed by atoms with Crippen LogP contribution < -0.4 is 5.32 Å². The molecule has 3 unspecified atom stereocenters. The molecule has 1 saturated heterocycles. The molecule has 1 aliphatic heterocycles. The molecule has 2 amide bonds. The van der Waals surface area contributed by atoms with E-state index in [-0.39, 0.29) is 17.7 Å². The number of amides is 2. The molecule has 3 atom stereocenters. The molecule has 1 heterocycles. The zero-order chi connectivity index (χ0) is 14.6. The highest BCUT2D eigenvalue weighted by atomic mass is 35.5. The van der Waals surface area contributed by atoms with Crippen LogP contribution in [0.3, 0.4) is 0 Å². The van der Waals surface area contributed by atoms with Gasteiger partial charge in [0.2, 0.25) is 11.8 Å². The molecule has 0 spiro atoms. The number of piperazine rings is 1. The maximum atomic E-state index is 12.4. The van der Waals surface area contributed by atoms with Crippen molar-refractivity contribution in [1.82, 2.24) is 10.2 Å². The quantitative estimate of drug-likeness (QED) is 0.843. The molecule has 1 fully saturated rings. The summed E-state index contributed by atoms with van der Waals surface area (Å²) in [4.78, 5) is 26.3. The molecular weight excluding hydrogens is 264 g/mol. The van der Waals surface area contributed by atoms with Gasteiger partial charge in [0, 0.05) is 12.1 Å². The van der Waals surface area contributed by atoms with Crippen LogP contribution in [0.1, 0.15) is 40.5 Å². The van der Waals surface area contributed by atoms with Gasteiger partial charge < -0.3 is 10.2 Å². The number of nitrogens with zero attached hydrogens (tertiary/aromatic N) is 1. The van der Waals surface area contributed by atoms with E-state index in [0.717, 1.165) is 12.0 Å². The van der Waals surface area contributed by atoms with Crippen LogP contribution in [0.15, 0.2) is 11.1 Å². The third-order valence-corrected chi connectivity index (χ3v) is 4.07.